The summed E-state index contributed by atoms with van der Waals surface area (Å²) in [4.78, 5) is 12.6. The summed E-state index contributed by atoms with van der Waals surface area (Å²) < 4.78 is 4.58. The molecule has 0 aliphatic heterocycles. The van der Waals surface area contributed by atoms with Gasteiger partial charge in [-0.05, 0) is 18.8 Å². The Morgan fingerprint density at radius 2 is 2.42 bits per heavy atom. The number of methoxy groups -OCH3 is 1. The monoisotopic (exact) mass is 167 g/mol. The van der Waals surface area contributed by atoms with Gasteiger partial charge in [0, 0.05) is 6.54 Å². The molecule has 3 nitrogen and oxygen atoms in total. The third kappa shape index (κ3) is 2.46. The number of carbonyl (C=O) groups is 1. The minimum Gasteiger partial charge on any atom is -0.453 e. The minimum absolute atomic E-state index is 0.320. The van der Waals surface area contributed by atoms with Crippen LogP contribution in [-0.2, 0) is 4.74 Å². The highest BCUT2D eigenvalue weighted by Crippen LogP contribution is 2.29. The van der Waals surface area contributed by atoms with Gasteiger partial charge in [0.15, 0.2) is 0 Å². The summed E-state index contributed by atoms with van der Waals surface area (Å²) in [6.45, 7) is 1.10. The maximum absolute atomic E-state index is 11.1. The van der Waals surface area contributed by atoms with E-state index in [1.807, 2.05) is 0 Å². The van der Waals surface area contributed by atoms with Gasteiger partial charge in [0.25, 0.3) is 0 Å². The van der Waals surface area contributed by atoms with Crippen molar-refractivity contribution in [2.45, 2.75) is 12.8 Å². The molecule has 0 heterocycles. The van der Waals surface area contributed by atoms with Crippen molar-refractivity contribution in [2.75, 3.05) is 20.2 Å². The Hall–Kier alpha value is -1.17. The van der Waals surface area contributed by atoms with E-state index in [4.69, 9.17) is 6.42 Å². The van der Waals surface area contributed by atoms with Crippen LogP contribution in [0.15, 0.2) is 0 Å². The molecule has 1 fully saturated rings. The largest absolute Gasteiger partial charge is 0.453 e. The van der Waals surface area contributed by atoms with E-state index in [1.165, 1.54) is 20.0 Å². The van der Waals surface area contributed by atoms with Crippen LogP contribution < -0.4 is 0 Å². The molecule has 1 amide bonds. The normalized spacial score (nSPS) is 15.0. The molecular formula is C9H13NO2. The molecule has 0 aromatic rings. The fourth-order valence-electron chi connectivity index (χ4n) is 1.06. The molecule has 0 atom stereocenters. The van der Waals surface area contributed by atoms with Crippen molar-refractivity contribution in [1.29, 1.82) is 0 Å². The molecule has 0 N–H and O–H groups in total. The van der Waals surface area contributed by atoms with E-state index in [1.54, 1.807) is 4.90 Å². The highest BCUT2D eigenvalue weighted by atomic mass is 16.5. The van der Waals surface area contributed by atoms with Gasteiger partial charge < -0.3 is 4.74 Å². The second kappa shape index (κ2) is 4.01. The molecule has 0 aromatic carbocycles. The fraction of sp³-hybridized carbons (Fsp3) is 0.667. The van der Waals surface area contributed by atoms with E-state index in [-0.39, 0.29) is 6.09 Å². The van der Waals surface area contributed by atoms with E-state index < -0.39 is 0 Å². The van der Waals surface area contributed by atoms with E-state index >= 15 is 0 Å². The standard InChI is InChI=1S/C9H13NO2/c1-3-6-10(9(11)12-2)7-8-4-5-8/h1,8H,4-7H2,2H3. The second-order valence-electron chi connectivity index (χ2n) is 3.00. The molecular weight excluding hydrogens is 154 g/mol. The summed E-state index contributed by atoms with van der Waals surface area (Å²) in [5.74, 6) is 3.09. The fourth-order valence-corrected chi connectivity index (χ4v) is 1.06. The third-order valence-electron chi connectivity index (χ3n) is 1.89. The lowest BCUT2D eigenvalue weighted by Crippen LogP contribution is -2.33. The molecule has 0 aromatic heterocycles. The van der Waals surface area contributed by atoms with Gasteiger partial charge in [-0.15, -0.1) is 6.42 Å². The molecule has 0 saturated heterocycles. The van der Waals surface area contributed by atoms with Gasteiger partial charge in [-0.2, -0.15) is 0 Å². The zero-order valence-corrected chi connectivity index (χ0v) is 7.25. The molecule has 0 spiro atoms. The Labute approximate surface area is 72.7 Å². The minimum atomic E-state index is -0.320. The third-order valence-corrected chi connectivity index (χ3v) is 1.89. The van der Waals surface area contributed by atoms with Crippen LogP contribution in [0, 0.1) is 18.3 Å². The molecule has 0 unspecified atom stereocenters. The molecule has 1 aliphatic rings. The quantitative estimate of drug-likeness (QED) is 0.589. The van der Waals surface area contributed by atoms with Crippen molar-refractivity contribution in [3.05, 3.63) is 0 Å². The maximum Gasteiger partial charge on any atom is 0.410 e. The van der Waals surface area contributed by atoms with Crippen LogP contribution in [0.25, 0.3) is 0 Å². The Morgan fingerprint density at radius 3 is 2.83 bits per heavy atom. The van der Waals surface area contributed by atoms with Crippen LogP contribution in [-0.4, -0.2) is 31.2 Å². The molecule has 0 bridgehead atoms. The van der Waals surface area contributed by atoms with Crippen LogP contribution in [0.5, 0.6) is 0 Å². The number of nitrogens with zero attached hydrogens (tertiary/aromatic N) is 1. The smallest absolute Gasteiger partial charge is 0.410 e. The molecule has 12 heavy (non-hydrogen) atoms. The number of hydrogen-bond donors (Lipinski definition) is 0. The van der Waals surface area contributed by atoms with Crippen molar-refractivity contribution < 1.29 is 9.53 Å². The number of carbonyl (C=O) groups excluding carboxylic acids is 1. The van der Waals surface area contributed by atoms with Crippen molar-refractivity contribution in [3.63, 3.8) is 0 Å². The van der Waals surface area contributed by atoms with Crippen molar-refractivity contribution in [2.24, 2.45) is 5.92 Å². The topological polar surface area (TPSA) is 29.5 Å². The number of amides is 1. The van der Waals surface area contributed by atoms with Crippen LogP contribution in [0.4, 0.5) is 4.79 Å². The van der Waals surface area contributed by atoms with Crippen LogP contribution >= 0.6 is 0 Å². The summed E-state index contributed by atoms with van der Waals surface area (Å²) in [6, 6.07) is 0. The lowest BCUT2D eigenvalue weighted by atomic mass is 10.4. The first-order valence-corrected chi connectivity index (χ1v) is 4.04. The predicted molar refractivity (Wildman–Crippen MR) is 45.5 cm³/mol. The number of hydrogen-bond acceptors (Lipinski definition) is 2. The molecule has 66 valence electrons. The molecule has 1 aliphatic carbocycles. The van der Waals surface area contributed by atoms with Crippen LogP contribution in [0.2, 0.25) is 0 Å². The van der Waals surface area contributed by atoms with Crippen molar-refractivity contribution in [1.82, 2.24) is 4.90 Å². The number of terminal acetylenes is 1. The summed E-state index contributed by atoms with van der Waals surface area (Å²) >= 11 is 0. The summed E-state index contributed by atoms with van der Waals surface area (Å²) in [6.07, 6.45) is 7.21. The van der Waals surface area contributed by atoms with E-state index in [0.717, 1.165) is 6.54 Å². The van der Waals surface area contributed by atoms with Gasteiger partial charge in [-0.25, -0.2) is 4.79 Å². The molecule has 1 rings (SSSR count). The van der Waals surface area contributed by atoms with Gasteiger partial charge in [0.05, 0.1) is 13.7 Å². The first kappa shape index (κ1) is 8.92. The zero-order chi connectivity index (χ0) is 8.97. The summed E-state index contributed by atoms with van der Waals surface area (Å²) in [5, 5.41) is 0. The Balaban J connectivity index is 2.36. The molecule has 0 radical (unpaired) electrons. The van der Waals surface area contributed by atoms with E-state index in [2.05, 4.69) is 10.7 Å². The van der Waals surface area contributed by atoms with Gasteiger partial charge in [0.2, 0.25) is 0 Å². The summed E-state index contributed by atoms with van der Waals surface area (Å²) in [5.41, 5.74) is 0. The van der Waals surface area contributed by atoms with E-state index in [9.17, 15) is 4.79 Å². The van der Waals surface area contributed by atoms with Crippen LogP contribution in [0.1, 0.15) is 12.8 Å². The zero-order valence-electron chi connectivity index (χ0n) is 7.25. The highest BCUT2D eigenvalue weighted by molar-refractivity contribution is 5.67. The Morgan fingerprint density at radius 1 is 1.75 bits per heavy atom. The van der Waals surface area contributed by atoms with Gasteiger partial charge in [0.1, 0.15) is 0 Å². The van der Waals surface area contributed by atoms with Crippen LogP contribution in [0.3, 0.4) is 0 Å². The highest BCUT2D eigenvalue weighted by Gasteiger charge is 2.26. The Kier molecular flexibility index (Phi) is 2.98. The lowest BCUT2D eigenvalue weighted by molar-refractivity contribution is 0.127. The maximum atomic E-state index is 11.1. The lowest BCUT2D eigenvalue weighted by Gasteiger charge is -2.17. The SMILES string of the molecule is C#CCN(CC1CC1)C(=O)OC. The number of ether oxygens (including phenoxy) is 1. The summed E-state index contributed by atoms with van der Waals surface area (Å²) in [7, 11) is 1.37. The predicted octanol–water partition coefficient (Wildman–Crippen LogP) is 1.10. The van der Waals surface area contributed by atoms with Gasteiger partial charge >= 0.3 is 6.09 Å². The van der Waals surface area contributed by atoms with Crippen molar-refractivity contribution >= 4 is 6.09 Å². The number of rotatable bonds is 3. The van der Waals surface area contributed by atoms with Gasteiger partial charge in [-0.1, -0.05) is 5.92 Å². The molecule has 1 saturated carbocycles. The first-order chi connectivity index (χ1) is 5.77. The first-order valence-electron chi connectivity index (χ1n) is 4.04. The second-order valence-corrected chi connectivity index (χ2v) is 3.00. The van der Waals surface area contributed by atoms with Crippen molar-refractivity contribution in [3.8, 4) is 12.3 Å². The molecule has 3 heteroatoms. The van der Waals surface area contributed by atoms with Gasteiger partial charge in [-0.3, -0.25) is 4.90 Å². The average molecular weight is 167 g/mol. The van der Waals surface area contributed by atoms with E-state index in [0.29, 0.717) is 12.5 Å². The average Bonchev–Trinajstić information content (AvgIpc) is 2.86. The Bertz CT molecular complexity index is 203.